The Balaban J connectivity index is 1.92. The summed E-state index contributed by atoms with van der Waals surface area (Å²) in [5.74, 6) is 0. The maximum Gasteiger partial charge on any atom is 0.0674 e. The molecule has 4 heteroatoms. The van der Waals surface area contributed by atoms with Gasteiger partial charge in [-0.05, 0) is 30.4 Å². The molecule has 2 unspecified atom stereocenters. The predicted molar refractivity (Wildman–Crippen MR) is 89.6 cm³/mol. The van der Waals surface area contributed by atoms with Crippen molar-refractivity contribution in [2.24, 2.45) is 5.73 Å². The molecule has 0 saturated carbocycles. The summed E-state index contributed by atoms with van der Waals surface area (Å²) in [6.45, 7) is 7.87. The van der Waals surface area contributed by atoms with Gasteiger partial charge in [0.15, 0.2) is 0 Å². The average Bonchev–Trinajstić information content (AvgIpc) is 2.86. The van der Waals surface area contributed by atoms with Crippen LogP contribution in [0.2, 0.25) is 0 Å². The number of ether oxygens (including phenoxy) is 1. The van der Waals surface area contributed by atoms with Gasteiger partial charge in [-0.3, -0.25) is 4.90 Å². The highest BCUT2D eigenvalue weighted by Crippen LogP contribution is 2.33. The van der Waals surface area contributed by atoms with Crippen molar-refractivity contribution < 1.29 is 4.74 Å². The number of nitrogens with zero attached hydrogens (tertiary/aromatic N) is 1. The lowest BCUT2D eigenvalue weighted by Crippen LogP contribution is -2.47. The van der Waals surface area contributed by atoms with E-state index in [0.717, 1.165) is 26.1 Å². The fraction of sp³-hybridized carbons (Fsp3) is 0.529. The number of morpholine rings is 1. The van der Waals surface area contributed by atoms with E-state index in [4.69, 9.17) is 10.5 Å². The maximum atomic E-state index is 5.98. The molecule has 0 radical (unpaired) electrons. The molecule has 1 saturated heterocycles. The van der Waals surface area contributed by atoms with Crippen molar-refractivity contribution >= 4 is 21.4 Å². The van der Waals surface area contributed by atoms with Crippen LogP contribution in [0.3, 0.4) is 0 Å². The van der Waals surface area contributed by atoms with Crippen molar-refractivity contribution in [1.82, 2.24) is 4.90 Å². The van der Waals surface area contributed by atoms with E-state index in [1.165, 1.54) is 20.5 Å². The van der Waals surface area contributed by atoms with Crippen LogP contribution in [0.15, 0.2) is 24.3 Å². The van der Waals surface area contributed by atoms with Gasteiger partial charge in [0.2, 0.25) is 0 Å². The molecule has 2 heterocycles. The summed E-state index contributed by atoms with van der Waals surface area (Å²) in [7, 11) is 0. The zero-order valence-electron chi connectivity index (χ0n) is 12.8. The van der Waals surface area contributed by atoms with Crippen LogP contribution in [0.5, 0.6) is 0 Å². The van der Waals surface area contributed by atoms with Crippen LogP contribution in [-0.4, -0.2) is 30.2 Å². The van der Waals surface area contributed by atoms with Gasteiger partial charge < -0.3 is 10.5 Å². The number of benzene rings is 1. The molecule has 1 aromatic heterocycles. The molecule has 2 atom stereocenters. The van der Waals surface area contributed by atoms with E-state index in [1.54, 1.807) is 0 Å². The van der Waals surface area contributed by atoms with Crippen LogP contribution >= 0.6 is 11.3 Å². The summed E-state index contributed by atoms with van der Waals surface area (Å²) in [4.78, 5) is 3.90. The molecule has 3 rings (SSSR count). The van der Waals surface area contributed by atoms with E-state index in [2.05, 4.69) is 43.0 Å². The molecule has 0 amide bonds. The second kappa shape index (κ2) is 6.44. The van der Waals surface area contributed by atoms with E-state index in [9.17, 15) is 0 Å². The van der Waals surface area contributed by atoms with Crippen molar-refractivity contribution in [2.45, 2.75) is 45.5 Å². The first kappa shape index (κ1) is 15.0. The van der Waals surface area contributed by atoms with Gasteiger partial charge in [0.05, 0.1) is 12.7 Å². The normalized spacial score (nSPS) is 23.8. The van der Waals surface area contributed by atoms with E-state index in [1.807, 2.05) is 11.3 Å². The summed E-state index contributed by atoms with van der Waals surface area (Å²) in [6, 6.07) is 9.17. The van der Waals surface area contributed by atoms with Crippen LogP contribution in [0.4, 0.5) is 0 Å². The third-order valence-corrected chi connectivity index (χ3v) is 5.62. The summed E-state index contributed by atoms with van der Waals surface area (Å²) >= 11 is 1.84. The number of rotatable bonds is 4. The smallest absolute Gasteiger partial charge is 0.0674 e. The lowest BCUT2D eigenvalue weighted by atomic mass is 10.1. The zero-order valence-corrected chi connectivity index (χ0v) is 13.7. The Bertz CT molecular complexity index is 610. The SMILES string of the molecule is CCC1COC(C)CN1Cc1c(CN)sc2ccccc12. The summed E-state index contributed by atoms with van der Waals surface area (Å²) in [6.07, 6.45) is 1.45. The Morgan fingerprint density at radius 2 is 2.19 bits per heavy atom. The molecule has 114 valence electrons. The predicted octanol–water partition coefficient (Wildman–Crippen LogP) is 3.36. The van der Waals surface area contributed by atoms with Crippen molar-refractivity contribution in [2.75, 3.05) is 13.2 Å². The number of hydrogen-bond donors (Lipinski definition) is 1. The lowest BCUT2D eigenvalue weighted by Gasteiger charge is -2.38. The van der Waals surface area contributed by atoms with Crippen LogP contribution in [0, 0.1) is 0 Å². The van der Waals surface area contributed by atoms with Crippen molar-refractivity contribution in [3.8, 4) is 0 Å². The van der Waals surface area contributed by atoms with Crippen molar-refractivity contribution in [1.29, 1.82) is 0 Å². The Kier molecular flexibility index (Phi) is 4.60. The standard InChI is InChI=1S/C17H24N2OS/c1-3-13-11-20-12(2)9-19(13)10-15-14-6-4-5-7-16(14)21-17(15)8-18/h4-7,12-13H,3,8-11,18H2,1-2H3. The van der Waals surface area contributed by atoms with E-state index in [0.29, 0.717) is 18.7 Å². The second-order valence-electron chi connectivity index (χ2n) is 5.84. The molecule has 21 heavy (non-hydrogen) atoms. The summed E-state index contributed by atoms with van der Waals surface area (Å²) in [5.41, 5.74) is 7.40. The highest BCUT2D eigenvalue weighted by Gasteiger charge is 2.27. The van der Waals surface area contributed by atoms with Gasteiger partial charge >= 0.3 is 0 Å². The van der Waals surface area contributed by atoms with Gasteiger partial charge in [0.1, 0.15) is 0 Å². The topological polar surface area (TPSA) is 38.5 Å². The van der Waals surface area contributed by atoms with Gasteiger partial charge in [-0.1, -0.05) is 25.1 Å². The molecule has 1 aliphatic rings. The number of hydrogen-bond acceptors (Lipinski definition) is 4. The van der Waals surface area contributed by atoms with Gasteiger partial charge in [-0.15, -0.1) is 11.3 Å². The zero-order chi connectivity index (χ0) is 14.8. The Morgan fingerprint density at radius 3 is 2.95 bits per heavy atom. The quantitative estimate of drug-likeness (QED) is 0.941. The minimum absolute atomic E-state index is 0.319. The van der Waals surface area contributed by atoms with Gasteiger partial charge in [0, 0.05) is 35.3 Å². The van der Waals surface area contributed by atoms with Crippen LogP contribution in [0.1, 0.15) is 30.7 Å². The summed E-state index contributed by atoms with van der Waals surface area (Å²) < 4.78 is 7.16. The van der Waals surface area contributed by atoms with Crippen molar-refractivity contribution in [3.63, 3.8) is 0 Å². The van der Waals surface area contributed by atoms with E-state index < -0.39 is 0 Å². The molecule has 1 fully saturated rings. The first-order valence-electron chi connectivity index (χ1n) is 7.78. The minimum atomic E-state index is 0.319. The molecule has 1 aromatic carbocycles. The largest absolute Gasteiger partial charge is 0.376 e. The molecular weight excluding hydrogens is 280 g/mol. The fourth-order valence-electron chi connectivity index (χ4n) is 3.17. The van der Waals surface area contributed by atoms with Crippen LogP contribution < -0.4 is 5.73 Å². The highest BCUT2D eigenvalue weighted by atomic mass is 32.1. The van der Waals surface area contributed by atoms with Gasteiger partial charge in [0.25, 0.3) is 0 Å². The fourth-order valence-corrected chi connectivity index (χ4v) is 4.27. The molecular formula is C17H24N2OS. The maximum absolute atomic E-state index is 5.98. The van der Waals surface area contributed by atoms with Crippen LogP contribution in [0.25, 0.3) is 10.1 Å². The Hall–Kier alpha value is -0.940. The van der Waals surface area contributed by atoms with E-state index >= 15 is 0 Å². The van der Waals surface area contributed by atoms with Gasteiger partial charge in [-0.25, -0.2) is 0 Å². The third-order valence-electron chi connectivity index (χ3n) is 4.38. The lowest BCUT2D eigenvalue weighted by molar-refractivity contribution is -0.0591. The minimum Gasteiger partial charge on any atom is -0.376 e. The van der Waals surface area contributed by atoms with Crippen molar-refractivity contribution in [3.05, 3.63) is 34.7 Å². The molecule has 3 nitrogen and oxygen atoms in total. The molecule has 0 aliphatic carbocycles. The second-order valence-corrected chi connectivity index (χ2v) is 6.98. The molecule has 2 aromatic rings. The number of fused-ring (bicyclic) bond motifs is 1. The molecule has 0 bridgehead atoms. The Labute approximate surface area is 130 Å². The highest BCUT2D eigenvalue weighted by molar-refractivity contribution is 7.19. The molecule has 1 aliphatic heterocycles. The van der Waals surface area contributed by atoms with Crippen LogP contribution in [-0.2, 0) is 17.8 Å². The monoisotopic (exact) mass is 304 g/mol. The first-order chi connectivity index (χ1) is 10.2. The molecule has 2 N–H and O–H groups in total. The number of thiophene rings is 1. The van der Waals surface area contributed by atoms with E-state index in [-0.39, 0.29) is 0 Å². The Morgan fingerprint density at radius 1 is 1.38 bits per heavy atom. The number of nitrogens with two attached hydrogens (primary N) is 1. The average molecular weight is 304 g/mol. The third kappa shape index (κ3) is 2.99. The van der Waals surface area contributed by atoms with Gasteiger partial charge in [-0.2, -0.15) is 0 Å². The summed E-state index contributed by atoms with van der Waals surface area (Å²) in [5, 5.41) is 1.37. The molecule has 0 spiro atoms. The first-order valence-corrected chi connectivity index (χ1v) is 8.59.